The van der Waals surface area contributed by atoms with Gasteiger partial charge >= 0.3 is 0 Å². The van der Waals surface area contributed by atoms with Gasteiger partial charge in [0.05, 0.1) is 12.6 Å². The zero-order chi connectivity index (χ0) is 20.8. The van der Waals surface area contributed by atoms with Crippen LogP contribution in [0, 0.1) is 0 Å². The van der Waals surface area contributed by atoms with Gasteiger partial charge in [0, 0.05) is 39.3 Å². The fourth-order valence-corrected chi connectivity index (χ4v) is 4.01. The lowest BCUT2D eigenvalue weighted by Gasteiger charge is -2.33. The molecule has 1 saturated heterocycles. The molecule has 2 aromatic rings. The predicted octanol–water partition coefficient (Wildman–Crippen LogP) is 3.30. The Morgan fingerprint density at radius 3 is 2.70 bits per heavy atom. The minimum atomic E-state index is -0.0446. The van der Waals surface area contributed by atoms with Gasteiger partial charge in [0.25, 0.3) is 5.91 Å². The van der Waals surface area contributed by atoms with Crippen LogP contribution in [0.1, 0.15) is 35.3 Å². The van der Waals surface area contributed by atoms with E-state index in [9.17, 15) is 4.79 Å². The largest absolute Gasteiger partial charge is 0.447 e. The van der Waals surface area contributed by atoms with Crippen molar-refractivity contribution < 1.29 is 9.21 Å². The molecule has 1 atom stereocenters. The summed E-state index contributed by atoms with van der Waals surface area (Å²) in [4.78, 5) is 23.8. The van der Waals surface area contributed by atoms with E-state index in [0.717, 1.165) is 39.1 Å². The summed E-state index contributed by atoms with van der Waals surface area (Å²) in [7, 11) is 0. The quantitative estimate of drug-likeness (QED) is 0.661. The summed E-state index contributed by atoms with van der Waals surface area (Å²) in [5.74, 6) is 0.577. The highest BCUT2D eigenvalue weighted by Crippen LogP contribution is 2.17. The van der Waals surface area contributed by atoms with Crippen LogP contribution in [0.3, 0.4) is 0 Å². The highest BCUT2D eigenvalue weighted by Gasteiger charge is 2.27. The van der Waals surface area contributed by atoms with Crippen molar-refractivity contribution in [1.29, 1.82) is 0 Å². The molecule has 158 valence electrons. The summed E-state index contributed by atoms with van der Waals surface area (Å²) in [6.07, 6.45) is 11.0. The number of carbonyl (C=O) groups is 1. The average molecular weight is 407 g/mol. The molecular weight excluding hydrogens is 376 g/mol. The molecule has 0 spiro atoms. The van der Waals surface area contributed by atoms with E-state index < -0.39 is 0 Å². The normalized spacial score (nSPS) is 20.4. The highest BCUT2D eigenvalue weighted by molar-refractivity contribution is 5.92. The third kappa shape index (κ3) is 5.07. The van der Waals surface area contributed by atoms with Crippen molar-refractivity contribution in [2.45, 2.75) is 25.9 Å². The molecule has 1 fully saturated rings. The maximum absolute atomic E-state index is 12.7. The molecule has 2 aliphatic heterocycles. The molecule has 1 amide bonds. The van der Waals surface area contributed by atoms with Crippen LogP contribution in [-0.4, -0.2) is 70.9 Å². The fraction of sp³-hybridized carbons (Fsp3) is 0.417. The number of rotatable bonds is 7. The molecule has 30 heavy (non-hydrogen) atoms. The van der Waals surface area contributed by atoms with Crippen LogP contribution in [-0.2, 0) is 6.54 Å². The second-order valence-corrected chi connectivity index (χ2v) is 7.88. The van der Waals surface area contributed by atoms with Crippen molar-refractivity contribution in [2.24, 2.45) is 0 Å². The second kappa shape index (κ2) is 9.87. The lowest BCUT2D eigenvalue weighted by molar-refractivity contribution is 0.0741. The Balaban J connectivity index is 1.23. The van der Waals surface area contributed by atoms with Crippen LogP contribution in [0.25, 0.3) is 6.08 Å². The number of aromatic nitrogens is 1. The molecule has 1 unspecified atom stereocenters. The summed E-state index contributed by atoms with van der Waals surface area (Å²) >= 11 is 0. The number of nitrogens with zero attached hydrogens (tertiary/aromatic N) is 4. The van der Waals surface area contributed by atoms with E-state index in [1.165, 1.54) is 11.8 Å². The Labute approximate surface area is 178 Å². The second-order valence-electron chi connectivity index (χ2n) is 7.88. The Morgan fingerprint density at radius 2 is 1.93 bits per heavy atom. The first-order valence-corrected chi connectivity index (χ1v) is 10.8. The van der Waals surface area contributed by atoms with Crippen LogP contribution in [0.15, 0.2) is 59.2 Å². The highest BCUT2D eigenvalue weighted by atomic mass is 16.3. The van der Waals surface area contributed by atoms with Gasteiger partial charge in [-0.2, -0.15) is 0 Å². The summed E-state index contributed by atoms with van der Waals surface area (Å²) in [6, 6.07) is 10.6. The number of hydrogen-bond acceptors (Lipinski definition) is 5. The summed E-state index contributed by atoms with van der Waals surface area (Å²) in [6.45, 7) is 8.33. The van der Waals surface area contributed by atoms with E-state index in [4.69, 9.17) is 4.42 Å². The first-order chi connectivity index (χ1) is 14.7. The SMILES string of the molecule is CCC1C=CCN1C(=O)c1coc(CN2CCN(C/C=C/c3ccccc3)CC2)n1. The third-order valence-electron chi connectivity index (χ3n) is 5.81. The van der Waals surface area contributed by atoms with Gasteiger partial charge in [-0.25, -0.2) is 4.98 Å². The van der Waals surface area contributed by atoms with E-state index in [0.29, 0.717) is 24.7 Å². The first kappa shape index (κ1) is 20.6. The van der Waals surface area contributed by atoms with E-state index in [2.05, 4.69) is 64.2 Å². The Bertz CT molecular complexity index is 882. The van der Waals surface area contributed by atoms with Gasteiger partial charge in [0.15, 0.2) is 5.69 Å². The zero-order valence-corrected chi connectivity index (χ0v) is 17.6. The minimum Gasteiger partial charge on any atom is -0.447 e. The van der Waals surface area contributed by atoms with Crippen molar-refractivity contribution in [3.63, 3.8) is 0 Å². The molecule has 0 bridgehead atoms. The third-order valence-corrected chi connectivity index (χ3v) is 5.81. The lowest BCUT2D eigenvalue weighted by atomic mass is 10.2. The number of amides is 1. The molecule has 4 rings (SSSR count). The maximum Gasteiger partial charge on any atom is 0.276 e. The molecule has 1 aromatic heterocycles. The van der Waals surface area contributed by atoms with Crippen LogP contribution >= 0.6 is 0 Å². The van der Waals surface area contributed by atoms with Crippen molar-refractivity contribution in [2.75, 3.05) is 39.3 Å². The van der Waals surface area contributed by atoms with E-state index in [1.54, 1.807) is 0 Å². The van der Waals surface area contributed by atoms with Crippen LogP contribution in [0.4, 0.5) is 0 Å². The number of oxazole rings is 1. The molecule has 0 radical (unpaired) electrons. The Morgan fingerprint density at radius 1 is 1.17 bits per heavy atom. The predicted molar refractivity (Wildman–Crippen MR) is 118 cm³/mol. The standard InChI is InChI=1S/C24H30N4O2/c1-2-21-11-7-13-28(21)24(29)22-19-30-23(25-22)18-27-16-14-26(15-17-27)12-6-10-20-8-4-3-5-9-20/h3-11,19,21H,2,12-18H2,1H3/b10-6+. The van der Waals surface area contributed by atoms with E-state index in [1.807, 2.05) is 17.0 Å². The number of piperazine rings is 1. The van der Waals surface area contributed by atoms with Gasteiger partial charge < -0.3 is 9.32 Å². The van der Waals surface area contributed by atoms with Crippen LogP contribution < -0.4 is 0 Å². The summed E-state index contributed by atoms with van der Waals surface area (Å²) in [5, 5.41) is 0. The van der Waals surface area contributed by atoms with Gasteiger partial charge in [0.1, 0.15) is 6.26 Å². The molecule has 6 heteroatoms. The first-order valence-electron chi connectivity index (χ1n) is 10.8. The Kier molecular flexibility index (Phi) is 6.77. The molecular formula is C24H30N4O2. The van der Waals surface area contributed by atoms with Crippen molar-refractivity contribution in [3.05, 3.63) is 72.0 Å². The van der Waals surface area contributed by atoms with Crippen LogP contribution in [0.5, 0.6) is 0 Å². The number of hydrogen-bond donors (Lipinski definition) is 0. The molecule has 1 aromatic carbocycles. The monoisotopic (exact) mass is 406 g/mol. The summed E-state index contributed by atoms with van der Waals surface area (Å²) < 4.78 is 5.61. The van der Waals surface area contributed by atoms with Crippen molar-refractivity contribution in [1.82, 2.24) is 19.7 Å². The number of benzene rings is 1. The number of carbonyl (C=O) groups excluding carboxylic acids is 1. The van der Waals surface area contributed by atoms with E-state index in [-0.39, 0.29) is 11.9 Å². The minimum absolute atomic E-state index is 0.0446. The van der Waals surface area contributed by atoms with Gasteiger partial charge in [-0.1, -0.05) is 61.6 Å². The average Bonchev–Trinajstić information content (AvgIpc) is 3.45. The smallest absolute Gasteiger partial charge is 0.276 e. The molecule has 3 heterocycles. The molecule has 0 N–H and O–H groups in total. The topological polar surface area (TPSA) is 52.8 Å². The zero-order valence-electron chi connectivity index (χ0n) is 17.6. The van der Waals surface area contributed by atoms with Crippen molar-refractivity contribution in [3.8, 4) is 0 Å². The van der Waals surface area contributed by atoms with Gasteiger partial charge in [-0.15, -0.1) is 0 Å². The fourth-order valence-electron chi connectivity index (χ4n) is 4.01. The van der Waals surface area contributed by atoms with E-state index >= 15 is 0 Å². The van der Waals surface area contributed by atoms with Gasteiger partial charge in [0.2, 0.25) is 5.89 Å². The molecule has 0 aliphatic carbocycles. The van der Waals surface area contributed by atoms with Crippen molar-refractivity contribution >= 4 is 12.0 Å². The maximum atomic E-state index is 12.7. The van der Waals surface area contributed by atoms with Gasteiger partial charge in [-0.3, -0.25) is 14.6 Å². The lowest BCUT2D eigenvalue weighted by Crippen LogP contribution is -2.45. The molecule has 2 aliphatic rings. The molecule has 6 nitrogen and oxygen atoms in total. The molecule has 0 saturated carbocycles. The Hall–Kier alpha value is -2.70. The summed E-state index contributed by atoms with van der Waals surface area (Å²) in [5.41, 5.74) is 1.65. The van der Waals surface area contributed by atoms with Gasteiger partial charge in [-0.05, 0) is 12.0 Å². The van der Waals surface area contributed by atoms with Crippen LogP contribution in [0.2, 0.25) is 0 Å².